The summed E-state index contributed by atoms with van der Waals surface area (Å²) in [5, 5.41) is 0. The van der Waals surface area contributed by atoms with E-state index < -0.39 is 14.8 Å². The summed E-state index contributed by atoms with van der Waals surface area (Å²) in [6.45, 7) is -4.17. The van der Waals surface area contributed by atoms with Crippen LogP contribution in [0.5, 0.6) is 0 Å². The van der Waals surface area contributed by atoms with E-state index in [0.29, 0.717) is 0 Å². The van der Waals surface area contributed by atoms with Crippen molar-refractivity contribution in [2.75, 3.05) is 0 Å². The molecule has 0 atom stereocenters. The first-order valence-corrected chi connectivity index (χ1v) is 5.51. The van der Waals surface area contributed by atoms with Crippen LogP contribution in [0.25, 0.3) is 0 Å². The van der Waals surface area contributed by atoms with Gasteiger partial charge in [0.25, 0.3) is 0 Å². The van der Waals surface area contributed by atoms with Crippen LogP contribution in [0.15, 0.2) is 0 Å². The van der Waals surface area contributed by atoms with Crippen molar-refractivity contribution in [2.45, 2.75) is 0 Å². The number of rotatable bonds is 0. The van der Waals surface area contributed by atoms with Gasteiger partial charge in [0, 0.05) is 11.2 Å². The average Bonchev–Trinajstić information content (AvgIpc) is 1.12. The zero-order valence-electron chi connectivity index (χ0n) is 4.95. The quantitative estimate of drug-likeness (QED) is 0.339. The first-order chi connectivity index (χ1) is 4.00. The average molecular weight is 300 g/mol. The van der Waals surface area contributed by atoms with E-state index in [9.17, 15) is 0 Å². The van der Waals surface area contributed by atoms with E-state index in [2.05, 4.69) is 11.2 Å². The number of hydrogen-bond donors (Lipinski definition) is 3. The molecule has 3 N–H and O–H groups in total. The standard InChI is InChI=1S/ClH2O3P.H3O4P.Sr/c2*1-5(2,3)4;/h(H2,2,3,4);(H3,1,2,3,4);/q;;+2/p-2. The van der Waals surface area contributed by atoms with Crippen LogP contribution < -0.4 is 9.79 Å². The maximum absolute atomic E-state index is 9.09. The van der Waals surface area contributed by atoms with Crippen LogP contribution in [0.2, 0.25) is 0 Å². The fourth-order valence-corrected chi connectivity index (χ4v) is 0. The molecule has 0 radical (unpaired) electrons. The first kappa shape index (κ1) is 18.7. The third kappa shape index (κ3) is 294. The van der Waals surface area contributed by atoms with Gasteiger partial charge in [-0.15, -0.1) is 0 Å². The molecule has 0 bridgehead atoms. The number of hydrogen-bond acceptors (Lipinski definition) is 4. The Morgan fingerprint density at radius 1 is 1.09 bits per heavy atom. The van der Waals surface area contributed by atoms with Crippen LogP contribution in [-0.2, 0) is 9.13 Å². The van der Waals surface area contributed by atoms with Gasteiger partial charge in [0.2, 0.25) is 0 Å². The topological polar surface area (TPSA) is 141 Å². The molecule has 7 nitrogen and oxygen atoms in total. The molecule has 11 heteroatoms. The van der Waals surface area contributed by atoms with Gasteiger partial charge in [-0.2, -0.15) is 0 Å². The molecule has 0 aliphatic rings. The van der Waals surface area contributed by atoms with Gasteiger partial charge in [0.15, 0.2) is 0 Å². The molecule has 0 aliphatic heterocycles. The zero-order valence-corrected chi connectivity index (χ0v) is 11.0. The van der Waals surface area contributed by atoms with Gasteiger partial charge in [-0.3, -0.25) is 0 Å². The van der Waals surface area contributed by atoms with Gasteiger partial charge in [-0.05, 0) is 0 Å². The van der Waals surface area contributed by atoms with Crippen LogP contribution >= 0.6 is 26.0 Å². The van der Waals surface area contributed by atoms with Crippen molar-refractivity contribution in [3.05, 3.63) is 0 Å². The van der Waals surface area contributed by atoms with Crippen molar-refractivity contribution in [1.29, 1.82) is 0 Å². The molecule has 0 aromatic carbocycles. The second kappa shape index (κ2) is 7.44. The molecule has 0 amide bonds. The predicted molar refractivity (Wildman–Crippen MR) is 33.5 cm³/mol. The zero-order chi connectivity index (χ0) is 9.00. The third-order valence-corrected chi connectivity index (χ3v) is 0. The second-order valence-corrected chi connectivity index (χ2v) is 4.15. The van der Waals surface area contributed by atoms with Gasteiger partial charge in [0.1, 0.15) is 0 Å². The van der Waals surface area contributed by atoms with E-state index in [0.717, 1.165) is 0 Å². The number of phosphoric acid groups is 1. The SMILES string of the molecule is O=P(O)(O)Cl.O=P([O-])([O-])O.[Sr+2]. The van der Waals surface area contributed by atoms with Crippen molar-refractivity contribution in [1.82, 2.24) is 0 Å². The fourth-order valence-electron chi connectivity index (χ4n) is 0. The van der Waals surface area contributed by atoms with Crippen LogP contribution in [-0.4, -0.2) is 60.2 Å². The molecule has 0 fully saturated rings. The van der Waals surface area contributed by atoms with Gasteiger partial charge in [0.05, 0.1) is 7.82 Å². The maximum Gasteiger partial charge on any atom is 2.00 e. The molecular formula is H3ClO7P2Sr. The Hall–Kier alpha value is 2.03. The van der Waals surface area contributed by atoms with Crippen molar-refractivity contribution >= 4 is 71.5 Å². The van der Waals surface area contributed by atoms with E-state index >= 15 is 0 Å². The summed E-state index contributed by atoms with van der Waals surface area (Å²) in [5.41, 5.74) is 0. The van der Waals surface area contributed by atoms with Gasteiger partial charge in [-0.25, -0.2) is 4.57 Å². The summed E-state index contributed by atoms with van der Waals surface area (Å²) < 4.78 is 17.8. The summed E-state index contributed by atoms with van der Waals surface area (Å²) in [6.07, 6.45) is 0. The Morgan fingerprint density at radius 3 is 1.09 bits per heavy atom. The summed E-state index contributed by atoms with van der Waals surface area (Å²) in [7, 11) is -5.14. The van der Waals surface area contributed by atoms with Crippen LogP contribution in [0.3, 0.4) is 0 Å². The predicted octanol–water partition coefficient (Wildman–Crippen LogP) is -2.26. The van der Waals surface area contributed by atoms with E-state index in [-0.39, 0.29) is 45.5 Å². The summed E-state index contributed by atoms with van der Waals surface area (Å²) in [4.78, 5) is 39.1. The van der Waals surface area contributed by atoms with Crippen molar-refractivity contribution < 1.29 is 33.6 Å². The second-order valence-electron chi connectivity index (χ2n) is 0.941. The minimum Gasteiger partial charge on any atom is -0.790 e. The van der Waals surface area contributed by atoms with Gasteiger partial charge in [-0.1, -0.05) is 0 Å². The molecule has 11 heavy (non-hydrogen) atoms. The fraction of sp³-hybridized carbons (Fsp3) is 0. The molecule has 0 aliphatic carbocycles. The molecule has 0 rings (SSSR count). The third-order valence-electron chi connectivity index (χ3n) is 0. The number of halogens is 1. The monoisotopic (exact) mass is 300 g/mol. The first-order valence-electron chi connectivity index (χ1n) is 1.50. The molecule has 0 aromatic heterocycles. The van der Waals surface area contributed by atoms with E-state index in [1.165, 1.54) is 0 Å². The minimum absolute atomic E-state index is 0. The Bertz CT molecular complexity index is 129. The normalized spacial score (nSPS) is 10.7. The minimum atomic E-state index is -5.14. The molecule has 0 aromatic rings. The van der Waals surface area contributed by atoms with Crippen LogP contribution in [0.4, 0.5) is 0 Å². The van der Waals surface area contributed by atoms with Gasteiger partial charge < -0.3 is 29.0 Å². The molecule has 0 spiro atoms. The summed E-state index contributed by atoms with van der Waals surface area (Å²) in [5.74, 6) is 0. The Balaban J connectivity index is -0.000000107. The largest absolute Gasteiger partial charge is 2.00 e. The van der Waals surface area contributed by atoms with E-state index in [1.54, 1.807) is 0 Å². The van der Waals surface area contributed by atoms with E-state index in [1.807, 2.05) is 0 Å². The Morgan fingerprint density at radius 2 is 1.09 bits per heavy atom. The maximum atomic E-state index is 9.09. The molecular weight excluding hydrogens is 297 g/mol. The Kier molecular flexibility index (Phi) is 12.7. The van der Waals surface area contributed by atoms with E-state index in [4.69, 9.17) is 33.6 Å². The van der Waals surface area contributed by atoms with Crippen LogP contribution in [0, 0.1) is 0 Å². The summed E-state index contributed by atoms with van der Waals surface area (Å²) >= 11 is 4.20. The molecule has 0 unspecified atom stereocenters. The van der Waals surface area contributed by atoms with Gasteiger partial charge >= 0.3 is 52.4 Å². The van der Waals surface area contributed by atoms with Crippen molar-refractivity contribution in [3.8, 4) is 0 Å². The molecule has 0 saturated carbocycles. The molecule has 64 valence electrons. The van der Waals surface area contributed by atoms with Crippen molar-refractivity contribution in [2.24, 2.45) is 0 Å². The van der Waals surface area contributed by atoms with Crippen LogP contribution in [0.1, 0.15) is 0 Å². The Labute approximate surface area is 104 Å². The van der Waals surface area contributed by atoms with Crippen molar-refractivity contribution in [3.63, 3.8) is 0 Å². The summed E-state index contributed by atoms with van der Waals surface area (Å²) in [6, 6.07) is 0. The molecule has 0 heterocycles. The smallest absolute Gasteiger partial charge is 0.790 e. The molecule has 0 saturated heterocycles.